The third-order valence-corrected chi connectivity index (χ3v) is 5.83. The summed E-state index contributed by atoms with van der Waals surface area (Å²) in [6, 6.07) is 0. The van der Waals surface area contributed by atoms with Crippen LogP contribution in [-0.4, -0.2) is 29.7 Å². The van der Waals surface area contributed by atoms with Crippen molar-refractivity contribution in [2.75, 3.05) is 13.2 Å². The first-order valence-corrected chi connectivity index (χ1v) is 14.1. The van der Waals surface area contributed by atoms with Crippen molar-refractivity contribution in [2.24, 2.45) is 0 Å². The fourth-order valence-corrected chi connectivity index (χ4v) is 3.74. The molecule has 31 heavy (non-hydrogen) atoms. The van der Waals surface area contributed by atoms with Gasteiger partial charge in [0.05, 0.1) is 0 Å². The van der Waals surface area contributed by atoms with Crippen LogP contribution in [0.2, 0.25) is 0 Å². The Morgan fingerprint density at radius 1 is 0.419 bits per heavy atom. The summed E-state index contributed by atoms with van der Waals surface area (Å²) in [5, 5.41) is 16.2. The Morgan fingerprint density at radius 3 is 0.935 bits per heavy atom. The van der Waals surface area contributed by atoms with E-state index in [1.54, 1.807) is 0 Å². The van der Waals surface area contributed by atoms with Crippen molar-refractivity contribution < 1.29 is 14.9 Å². The molecule has 0 aromatic heterocycles. The lowest BCUT2D eigenvalue weighted by molar-refractivity contribution is -0.0453. The van der Waals surface area contributed by atoms with Crippen molar-refractivity contribution in [3.63, 3.8) is 0 Å². The van der Waals surface area contributed by atoms with E-state index in [1.165, 1.54) is 128 Å². The molecule has 0 aliphatic rings. The van der Waals surface area contributed by atoms with Gasteiger partial charge in [0, 0.05) is 13.2 Å². The number of hydrogen-bond acceptors (Lipinski definition) is 3. The topological polar surface area (TPSA) is 49.7 Å². The predicted molar refractivity (Wildman–Crippen MR) is 138 cm³/mol. The Morgan fingerprint density at radius 2 is 0.710 bits per heavy atom. The van der Waals surface area contributed by atoms with Crippen molar-refractivity contribution in [1.82, 2.24) is 0 Å². The van der Waals surface area contributed by atoms with Gasteiger partial charge < -0.3 is 14.9 Å². The minimum atomic E-state index is -1.10. The molecule has 0 radical (unpaired) electrons. The van der Waals surface area contributed by atoms with Gasteiger partial charge in [0.2, 0.25) is 0 Å². The molecule has 0 atom stereocenters. The van der Waals surface area contributed by atoms with Gasteiger partial charge in [0.15, 0.2) is 6.29 Å². The van der Waals surface area contributed by atoms with Gasteiger partial charge in [-0.15, -0.1) is 0 Å². The maximum Gasteiger partial charge on any atom is 0.151 e. The fraction of sp³-hybridized carbons (Fsp3) is 1.00. The van der Waals surface area contributed by atoms with Gasteiger partial charge in [-0.05, 0) is 19.3 Å². The van der Waals surface area contributed by atoms with Gasteiger partial charge in [-0.1, -0.05) is 143 Å². The van der Waals surface area contributed by atoms with Crippen LogP contribution >= 0.6 is 0 Å². The maximum absolute atomic E-state index is 8.11. The van der Waals surface area contributed by atoms with E-state index < -0.39 is 6.29 Å². The molecule has 0 aromatic rings. The number of rotatable bonds is 24. The second-order valence-corrected chi connectivity index (χ2v) is 9.25. The van der Waals surface area contributed by atoms with Crippen LogP contribution in [0.25, 0.3) is 0 Å². The molecule has 190 valence electrons. The van der Waals surface area contributed by atoms with Crippen molar-refractivity contribution >= 4 is 0 Å². The van der Waals surface area contributed by atoms with E-state index in [-0.39, 0.29) is 0 Å². The molecule has 3 nitrogen and oxygen atoms in total. The van der Waals surface area contributed by atoms with Crippen LogP contribution < -0.4 is 0 Å². The zero-order valence-corrected chi connectivity index (χ0v) is 21.9. The van der Waals surface area contributed by atoms with Crippen LogP contribution in [-0.2, 0) is 4.74 Å². The lowest BCUT2D eigenvalue weighted by Crippen LogP contribution is -2.01. The molecule has 3 heteroatoms. The number of aliphatic hydroxyl groups excluding tert-OH is 1. The molecule has 0 bridgehead atoms. The van der Waals surface area contributed by atoms with E-state index in [0.29, 0.717) is 6.42 Å². The second kappa shape index (κ2) is 32.1. The summed E-state index contributed by atoms with van der Waals surface area (Å²) in [6.45, 7) is 8.47. The van der Waals surface area contributed by atoms with Gasteiger partial charge in [-0.3, -0.25) is 0 Å². The third-order valence-electron chi connectivity index (χ3n) is 5.83. The monoisotopic (exact) mass is 444 g/mol. The van der Waals surface area contributed by atoms with E-state index in [0.717, 1.165) is 19.6 Å². The van der Waals surface area contributed by atoms with Crippen molar-refractivity contribution in [1.29, 1.82) is 0 Å². The minimum absolute atomic E-state index is 0.486. The summed E-state index contributed by atoms with van der Waals surface area (Å²) >= 11 is 0. The van der Waals surface area contributed by atoms with Gasteiger partial charge >= 0.3 is 0 Å². The summed E-state index contributed by atoms with van der Waals surface area (Å²) in [5.74, 6) is 0. The highest BCUT2D eigenvalue weighted by Gasteiger charge is 1.95. The third kappa shape index (κ3) is 37.5. The number of hydrogen-bond donors (Lipinski definition) is 2. The number of unbranched alkanes of at least 4 members (excludes halogenated alkanes) is 18. The van der Waals surface area contributed by atoms with E-state index in [1.807, 2.05) is 6.92 Å². The molecule has 0 unspecified atom stereocenters. The van der Waals surface area contributed by atoms with E-state index in [9.17, 15) is 0 Å². The molecule has 0 saturated carbocycles. The molecule has 0 fully saturated rings. The summed E-state index contributed by atoms with van der Waals surface area (Å²) < 4.78 is 5.78. The molecule has 0 spiro atoms. The Kier molecular flexibility index (Phi) is 34.2. The van der Waals surface area contributed by atoms with Gasteiger partial charge in [0.1, 0.15) is 0 Å². The Labute approximate surface area is 196 Å². The van der Waals surface area contributed by atoms with Crippen molar-refractivity contribution in [2.45, 2.75) is 168 Å². The van der Waals surface area contributed by atoms with Crippen LogP contribution in [0.4, 0.5) is 0 Å². The van der Waals surface area contributed by atoms with Crippen LogP contribution in [0.1, 0.15) is 162 Å². The zero-order chi connectivity index (χ0) is 23.3. The first-order chi connectivity index (χ1) is 15.2. The summed E-state index contributed by atoms with van der Waals surface area (Å²) in [4.78, 5) is 0. The average Bonchev–Trinajstić information content (AvgIpc) is 2.75. The van der Waals surface area contributed by atoms with E-state index >= 15 is 0 Å². The Balaban J connectivity index is 0. The van der Waals surface area contributed by atoms with Gasteiger partial charge in [-0.2, -0.15) is 0 Å². The summed E-state index contributed by atoms with van der Waals surface area (Å²) in [6.07, 6.45) is 28.4. The van der Waals surface area contributed by atoms with Crippen molar-refractivity contribution in [3.8, 4) is 0 Å². The van der Waals surface area contributed by atoms with Gasteiger partial charge in [-0.25, -0.2) is 0 Å². The van der Waals surface area contributed by atoms with Crippen LogP contribution in [0.5, 0.6) is 0 Å². The first-order valence-electron chi connectivity index (χ1n) is 14.1. The van der Waals surface area contributed by atoms with E-state index in [2.05, 4.69) is 13.8 Å². The van der Waals surface area contributed by atoms with Gasteiger partial charge in [0.25, 0.3) is 0 Å². The summed E-state index contributed by atoms with van der Waals surface area (Å²) in [7, 11) is 0. The highest BCUT2D eigenvalue weighted by atomic mass is 16.5. The fourth-order valence-electron chi connectivity index (χ4n) is 3.74. The van der Waals surface area contributed by atoms with Crippen LogP contribution in [0.3, 0.4) is 0 Å². The lowest BCUT2D eigenvalue weighted by Gasteiger charge is -2.05. The second-order valence-electron chi connectivity index (χ2n) is 9.25. The molecule has 0 rings (SSSR count). The molecular formula is C28H60O3. The molecule has 0 aliphatic heterocycles. The molecular weight excluding hydrogens is 384 g/mol. The zero-order valence-electron chi connectivity index (χ0n) is 21.9. The average molecular weight is 445 g/mol. The first kappa shape index (κ1) is 33.1. The Bertz CT molecular complexity index is 259. The smallest absolute Gasteiger partial charge is 0.151 e. The van der Waals surface area contributed by atoms with E-state index in [4.69, 9.17) is 14.9 Å². The highest BCUT2D eigenvalue weighted by molar-refractivity contribution is 4.49. The normalized spacial score (nSPS) is 11.0. The lowest BCUT2D eigenvalue weighted by atomic mass is 10.1. The number of ether oxygens (including phenoxy) is 1. The molecule has 0 aliphatic carbocycles. The molecule has 0 aromatic carbocycles. The quantitative estimate of drug-likeness (QED) is 0.115. The predicted octanol–water partition coefficient (Wildman–Crippen LogP) is 8.94. The SMILES string of the molecule is CCCC(O)O.CCCCCCCCCCCCOCCCCCCCCCCCC. The molecule has 0 saturated heterocycles. The Hall–Kier alpha value is -0.120. The molecule has 2 N–H and O–H groups in total. The maximum atomic E-state index is 8.11. The van der Waals surface area contributed by atoms with Crippen LogP contribution in [0.15, 0.2) is 0 Å². The van der Waals surface area contributed by atoms with Crippen LogP contribution in [0, 0.1) is 0 Å². The molecule has 0 heterocycles. The number of aliphatic hydroxyl groups is 2. The van der Waals surface area contributed by atoms with Crippen molar-refractivity contribution in [3.05, 3.63) is 0 Å². The highest BCUT2D eigenvalue weighted by Crippen LogP contribution is 2.12. The molecule has 0 amide bonds. The standard InChI is InChI=1S/C24H50O.C4H10O2/c1-3-5-7-9-11-13-15-17-19-21-23-25-24-22-20-18-16-14-12-10-8-6-4-2;1-2-3-4(5)6/h3-24H2,1-2H3;4-6H,2-3H2,1H3. The summed E-state index contributed by atoms with van der Waals surface area (Å²) in [5.41, 5.74) is 0. The minimum Gasteiger partial charge on any atom is -0.381 e. The largest absolute Gasteiger partial charge is 0.381 e.